The first-order valence-corrected chi connectivity index (χ1v) is 4.68. The first-order valence-electron chi connectivity index (χ1n) is 3.92. The Morgan fingerprint density at radius 3 is 2.60 bits per heavy atom. The van der Waals surface area contributed by atoms with Crippen LogP contribution in [0.15, 0.2) is 23.4 Å². The number of halogens is 2. The first kappa shape index (κ1) is 11.8. The summed E-state index contributed by atoms with van der Waals surface area (Å²) in [5.41, 5.74) is 0.492. The number of rotatable bonds is 4. The summed E-state index contributed by atoms with van der Waals surface area (Å²) < 4.78 is 0. The number of carboxylic acid groups (broad SMARTS) is 1. The van der Waals surface area contributed by atoms with Crippen molar-refractivity contribution in [1.82, 2.24) is 0 Å². The van der Waals surface area contributed by atoms with Crippen molar-refractivity contribution in [2.75, 3.05) is 6.61 Å². The third kappa shape index (κ3) is 3.77. The van der Waals surface area contributed by atoms with Crippen molar-refractivity contribution < 1.29 is 14.7 Å². The molecule has 0 heterocycles. The quantitative estimate of drug-likeness (QED) is 0.657. The number of nitrogens with zero attached hydrogens (tertiary/aromatic N) is 1. The predicted molar refractivity (Wildman–Crippen MR) is 57.6 cm³/mol. The second kappa shape index (κ2) is 5.58. The fourth-order valence-corrected chi connectivity index (χ4v) is 1.31. The molecule has 80 valence electrons. The largest absolute Gasteiger partial charge is 0.479 e. The minimum absolute atomic E-state index is 0.421. The Bertz CT molecular complexity index is 373. The lowest BCUT2D eigenvalue weighted by molar-refractivity contribution is -0.142. The maximum Gasteiger partial charge on any atom is 0.344 e. The average molecular weight is 248 g/mol. The van der Waals surface area contributed by atoms with Gasteiger partial charge in [0.1, 0.15) is 0 Å². The summed E-state index contributed by atoms with van der Waals surface area (Å²) >= 11 is 11.6. The highest BCUT2D eigenvalue weighted by molar-refractivity contribution is 6.38. The minimum atomic E-state index is -1.10. The maximum absolute atomic E-state index is 10.1. The van der Waals surface area contributed by atoms with Crippen molar-refractivity contribution in [1.29, 1.82) is 0 Å². The molecule has 0 atom stereocenters. The van der Waals surface area contributed by atoms with Crippen molar-refractivity contribution >= 4 is 35.4 Å². The summed E-state index contributed by atoms with van der Waals surface area (Å²) in [7, 11) is 0. The van der Waals surface area contributed by atoms with Gasteiger partial charge in [-0.15, -0.1) is 0 Å². The van der Waals surface area contributed by atoms with Crippen LogP contribution in [-0.4, -0.2) is 23.9 Å². The smallest absolute Gasteiger partial charge is 0.344 e. The number of hydrogen-bond acceptors (Lipinski definition) is 3. The zero-order valence-electron chi connectivity index (χ0n) is 7.48. The van der Waals surface area contributed by atoms with Crippen molar-refractivity contribution in [3.8, 4) is 0 Å². The fourth-order valence-electron chi connectivity index (χ4n) is 0.817. The highest BCUT2D eigenvalue weighted by Crippen LogP contribution is 2.22. The van der Waals surface area contributed by atoms with Crippen LogP contribution in [0.1, 0.15) is 5.56 Å². The van der Waals surface area contributed by atoms with Crippen molar-refractivity contribution in [2.24, 2.45) is 5.16 Å². The van der Waals surface area contributed by atoms with Gasteiger partial charge in [-0.2, -0.15) is 0 Å². The third-order valence-corrected chi connectivity index (χ3v) is 2.10. The zero-order chi connectivity index (χ0) is 11.3. The molecule has 0 amide bonds. The summed E-state index contributed by atoms with van der Waals surface area (Å²) in [5, 5.41) is 12.5. The van der Waals surface area contributed by atoms with Crippen molar-refractivity contribution in [3.05, 3.63) is 33.8 Å². The second-order valence-electron chi connectivity index (χ2n) is 2.54. The minimum Gasteiger partial charge on any atom is -0.479 e. The SMILES string of the molecule is O=C(O)CON=Cc1c(Cl)cccc1Cl. The van der Waals surface area contributed by atoms with Gasteiger partial charge in [0.05, 0.1) is 16.3 Å². The highest BCUT2D eigenvalue weighted by Gasteiger charge is 2.02. The molecule has 15 heavy (non-hydrogen) atoms. The third-order valence-electron chi connectivity index (χ3n) is 1.44. The summed E-state index contributed by atoms with van der Waals surface area (Å²) in [6, 6.07) is 4.98. The summed E-state index contributed by atoms with van der Waals surface area (Å²) in [4.78, 5) is 14.6. The van der Waals surface area contributed by atoms with E-state index in [9.17, 15) is 4.79 Å². The van der Waals surface area contributed by atoms with Gasteiger partial charge in [-0.3, -0.25) is 0 Å². The summed E-state index contributed by atoms with van der Waals surface area (Å²) in [6.45, 7) is -0.501. The van der Waals surface area contributed by atoms with E-state index in [2.05, 4.69) is 9.99 Å². The van der Waals surface area contributed by atoms with E-state index < -0.39 is 12.6 Å². The molecule has 0 radical (unpaired) electrons. The fraction of sp³-hybridized carbons (Fsp3) is 0.111. The van der Waals surface area contributed by atoms with Gasteiger partial charge < -0.3 is 9.94 Å². The number of hydrogen-bond donors (Lipinski definition) is 1. The number of carbonyl (C=O) groups is 1. The lowest BCUT2D eigenvalue weighted by Crippen LogP contribution is -2.03. The predicted octanol–water partition coefficient (Wildman–Crippen LogP) is 2.43. The normalized spacial score (nSPS) is 10.5. The molecule has 0 bridgehead atoms. The number of oxime groups is 1. The molecule has 0 aliphatic heterocycles. The molecule has 1 aromatic carbocycles. The monoisotopic (exact) mass is 247 g/mol. The first-order chi connectivity index (χ1) is 7.11. The van der Waals surface area contributed by atoms with Gasteiger partial charge in [-0.05, 0) is 12.1 Å². The molecule has 0 unspecified atom stereocenters. The van der Waals surface area contributed by atoms with Crippen LogP contribution < -0.4 is 0 Å². The van der Waals surface area contributed by atoms with E-state index in [0.29, 0.717) is 15.6 Å². The van der Waals surface area contributed by atoms with Gasteiger partial charge in [0, 0.05) is 5.56 Å². The molecule has 0 aliphatic carbocycles. The van der Waals surface area contributed by atoms with E-state index in [1.54, 1.807) is 18.2 Å². The van der Waals surface area contributed by atoms with E-state index in [0.717, 1.165) is 0 Å². The van der Waals surface area contributed by atoms with Crippen LogP contribution in [0.2, 0.25) is 10.0 Å². The molecule has 0 aromatic heterocycles. The van der Waals surface area contributed by atoms with Gasteiger partial charge >= 0.3 is 5.97 Å². The second-order valence-corrected chi connectivity index (χ2v) is 3.35. The lowest BCUT2D eigenvalue weighted by atomic mass is 10.2. The Kier molecular flexibility index (Phi) is 4.39. The Morgan fingerprint density at radius 1 is 1.47 bits per heavy atom. The molecule has 1 N–H and O–H groups in total. The van der Waals surface area contributed by atoms with Gasteiger partial charge in [0.15, 0.2) is 0 Å². The van der Waals surface area contributed by atoms with E-state index >= 15 is 0 Å². The molecule has 0 aliphatic rings. The molecule has 6 heteroatoms. The number of carboxylic acids is 1. The van der Waals surface area contributed by atoms with Gasteiger partial charge in [-0.25, -0.2) is 4.79 Å². The van der Waals surface area contributed by atoms with Crippen LogP contribution in [-0.2, 0) is 9.63 Å². The van der Waals surface area contributed by atoms with Crippen molar-refractivity contribution in [3.63, 3.8) is 0 Å². The van der Waals surface area contributed by atoms with Gasteiger partial charge in [0.2, 0.25) is 6.61 Å². The van der Waals surface area contributed by atoms with Crippen LogP contribution in [0.5, 0.6) is 0 Å². The van der Waals surface area contributed by atoms with Crippen LogP contribution in [0.25, 0.3) is 0 Å². The van der Waals surface area contributed by atoms with Crippen molar-refractivity contribution in [2.45, 2.75) is 0 Å². The van der Waals surface area contributed by atoms with Crippen LogP contribution >= 0.6 is 23.2 Å². The van der Waals surface area contributed by atoms with E-state index in [4.69, 9.17) is 28.3 Å². The summed E-state index contributed by atoms with van der Waals surface area (Å²) in [5.74, 6) is -1.10. The average Bonchev–Trinajstić information content (AvgIpc) is 2.15. The Hall–Kier alpha value is -1.26. The molecular weight excluding hydrogens is 241 g/mol. The van der Waals surface area contributed by atoms with Gasteiger partial charge in [0.25, 0.3) is 0 Å². The number of benzene rings is 1. The molecule has 0 spiro atoms. The molecule has 0 saturated carbocycles. The molecule has 4 nitrogen and oxygen atoms in total. The van der Waals surface area contributed by atoms with Gasteiger partial charge in [-0.1, -0.05) is 34.4 Å². The van der Waals surface area contributed by atoms with E-state index in [1.807, 2.05) is 0 Å². The molecule has 0 fully saturated rings. The topological polar surface area (TPSA) is 58.9 Å². The Morgan fingerprint density at radius 2 is 2.07 bits per heavy atom. The molecular formula is C9H7Cl2NO3. The number of aliphatic carboxylic acids is 1. The maximum atomic E-state index is 10.1. The highest BCUT2D eigenvalue weighted by atomic mass is 35.5. The van der Waals surface area contributed by atoms with Crippen LogP contribution in [0.3, 0.4) is 0 Å². The Balaban J connectivity index is 2.67. The van der Waals surface area contributed by atoms with Crippen LogP contribution in [0.4, 0.5) is 0 Å². The zero-order valence-corrected chi connectivity index (χ0v) is 9.00. The van der Waals surface area contributed by atoms with E-state index in [1.165, 1.54) is 6.21 Å². The molecule has 0 saturated heterocycles. The Labute approximate surface area is 96.1 Å². The van der Waals surface area contributed by atoms with E-state index in [-0.39, 0.29) is 0 Å². The van der Waals surface area contributed by atoms with Crippen LogP contribution in [0, 0.1) is 0 Å². The lowest BCUT2D eigenvalue weighted by Gasteiger charge is -1.99. The molecule has 1 rings (SSSR count). The molecule has 1 aromatic rings. The summed E-state index contributed by atoms with van der Waals surface area (Å²) in [6.07, 6.45) is 1.27. The standard InChI is InChI=1S/C9H7Cl2NO3/c10-7-2-1-3-8(11)6(7)4-12-15-5-9(13)14/h1-4H,5H2,(H,13,14).